The van der Waals surface area contributed by atoms with Crippen molar-refractivity contribution in [1.82, 2.24) is 5.32 Å². The fourth-order valence-corrected chi connectivity index (χ4v) is 1.84. The first kappa shape index (κ1) is 13.6. The molecular formula is C12H17BrFNO. The SMILES string of the molecule is CC(C)C(CO)NCc1ccc(F)c(Br)c1. The van der Waals surface area contributed by atoms with E-state index in [1.807, 2.05) is 0 Å². The molecule has 1 atom stereocenters. The van der Waals surface area contributed by atoms with Crippen molar-refractivity contribution in [3.8, 4) is 0 Å². The van der Waals surface area contributed by atoms with Gasteiger partial charge in [0.1, 0.15) is 5.82 Å². The van der Waals surface area contributed by atoms with E-state index >= 15 is 0 Å². The van der Waals surface area contributed by atoms with E-state index < -0.39 is 0 Å². The number of hydrogen-bond acceptors (Lipinski definition) is 2. The van der Waals surface area contributed by atoms with Gasteiger partial charge in [0.25, 0.3) is 0 Å². The molecule has 0 spiro atoms. The van der Waals surface area contributed by atoms with Crippen LogP contribution >= 0.6 is 15.9 Å². The second-order valence-corrected chi connectivity index (χ2v) is 5.02. The minimum atomic E-state index is -0.258. The lowest BCUT2D eigenvalue weighted by molar-refractivity contribution is 0.210. The van der Waals surface area contributed by atoms with E-state index in [0.717, 1.165) is 5.56 Å². The van der Waals surface area contributed by atoms with Crippen molar-refractivity contribution < 1.29 is 9.50 Å². The zero-order valence-electron chi connectivity index (χ0n) is 9.50. The lowest BCUT2D eigenvalue weighted by Gasteiger charge is -2.20. The number of aliphatic hydroxyl groups excluding tert-OH is 1. The molecule has 4 heteroatoms. The summed E-state index contributed by atoms with van der Waals surface area (Å²) in [5.41, 5.74) is 0.993. The first-order valence-electron chi connectivity index (χ1n) is 5.32. The van der Waals surface area contributed by atoms with E-state index in [1.54, 1.807) is 12.1 Å². The molecule has 0 aliphatic heterocycles. The van der Waals surface area contributed by atoms with Gasteiger partial charge >= 0.3 is 0 Å². The highest BCUT2D eigenvalue weighted by Crippen LogP contribution is 2.17. The Bertz CT molecular complexity index is 344. The van der Waals surface area contributed by atoms with Crippen molar-refractivity contribution in [3.05, 3.63) is 34.1 Å². The summed E-state index contributed by atoms with van der Waals surface area (Å²) in [6.07, 6.45) is 0. The topological polar surface area (TPSA) is 32.3 Å². The van der Waals surface area contributed by atoms with Crippen LogP contribution in [-0.4, -0.2) is 17.8 Å². The number of benzene rings is 1. The van der Waals surface area contributed by atoms with Gasteiger partial charge in [-0.25, -0.2) is 4.39 Å². The Morgan fingerprint density at radius 2 is 2.12 bits per heavy atom. The summed E-state index contributed by atoms with van der Waals surface area (Å²) in [6, 6.07) is 4.99. The standard InChI is InChI=1S/C12H17BrFNO/c1-8(2)12(7-16)15-6-9-3-4-11(14)10(13)5-9/h3-5,8,12,15-16H,6-7H2,1-2H3. The van der Waals surface area contributed by atoms with Crippen LogP contribution in [0.2, 0.25) is 0 Å². The monoisotopic (exact) mass is 289 g/mol. The average molecular weight is 290 g/mol. The molecule has 1 rings (SSSR count). The van der Waals surface area contributed by atoms with Gasteiger partial charge in [0.05, 0.1) is 11.1 Å². The van der Waals surface area contributed by atoms with Crippen LogP contribution in [0.5, 0.6) is 0 Å². The van der Waals surface area contributed by atoms with E-state index in [-0.39, 0.29) is 18.5 Å². The van der Waals surface area contributed by atoms with Gasteiger partial charge in [-0.2, -0.15) is 0 Å². The van der Waals surface area contributed by atoms with E-state index in [4.69, 9.17) is 5.11 Å². The number of halogens is 2. The molecular weight excluding hydrogens is 273 g/mol. The number of hydrogen-bond donors (Lipinski definition) is 2. The maximum Gasteiger partial charge on any atom is 0.137 e. The third-order valence-corrected chi connectivity index (χ3v) is 3.16. The predicted octanol–water partition coefficient (Wildman–Crippen LogP) is 2.69. The molecule has 0 radical (unpaired) electrons. The zero-order valence-corrected chi connectivity index (χ0v) is 11.1. The molecule has 0 aliphatic carbocycles. The van der Waals surface area contributed by atoms with E-state index in [1.165, 1.54) is 6.07 Å². The quantitative estimate of drug-likeness (QED) is 0.874. The number of nitrogens with one attached hydrogen (secondary N) is 1. The van der Waals surface area contributed by atoms with Crippen LogP contribution in [0, 0.1) is 11.7 Å². The van der Waals surface area contributed by atoms with Crippen molar-refractivity contribution in [2.24, 2.45) is 5.92 Å². The first-order chi connectivity index (χ1) is 7.54. The Morgan fingerprint density at radius 1 is 1.44 bits per heavy atom. The third kappa shape index (κ3) is 3.85. The van der Waals surface area contributed by atoms with Gasteiger partial charge in [-0.1, -0.05) is 19.9 Å². The summed E-state index contributed by atoms with van der Waals surface area (Å²) in [6.45, 7) is 4.84. The van der Waals surface area contributed by atoms with Gasteiger partial charge in [0.15, 0.2) is 0 Å². The van der Waals surface area contributed by atoms with Crippen LogP contribution in [0.1, 0.15) is 19.4 Å². The Kier molecular flexibility index (Phi) is 5.38. The van der Waals surface area contributed by atoms with E-state index in [2.05, 4.69) is 35.1 Å². The summed E-state index contributed by atoms with van der Waals surface area (Å²) in [5, 5.41) is 12.4. The van der Waals surface area contributed by atoms with E-state index in [9.17, 15) is 4.39 Å². The summed E-state index contributed by atoms with van der Waals surface area (Å²) in [4.78, 5) is 0. The fraction of sp³-hybridized carbons (Fsp3) is 0.500. The molecule has 1 aromatic carbocycles. The van der Waals surface area contributed by atoms with Gasteiger partial charge in [0.2, 0.25) is 0 Å². The molecule has 1 aromatic rings. The Balaban J connectivity index is 2.57. The summed E-state index contributed by atoms with van der Waals surface area (Å²) in [7, 11) is 0. The smallest absolute Gasteiger partial charge is 0.137 e. The molecule has 2 N–H and O–H groups in total. The summed E-state index contributed by atoms with van der Waals surface area (Å²) in [5.74, 6) is 0.111. The van der Waals surface area contributed by atoms with Crippen LogP contribution in [-0.2, 0) is 6.54 Å². The van der Waals surface area contributed by atoms with Gasteiger partial charge in [-0.05, 0) is 39.5 Å². The molecule has 2 nitrogen and oxygen atoms in total. The summed E-state index contributed by atoms with van der Waals surface area (Å²) >= 11 is 3.15. The van der Waals surface area contributed by atoms with Gasteiger partial charge in [0, 0.05) is 12.6 Å². The summed E-state index contributed by atoms with van der Waals surface area (Å²) < 4.78 is 13.5. The van der Waals surface area contributed by atoms with Crippen LogP contribution in [0.25, 0.3) is 0 Å². The Labute approximate surface area is 104 Å². The largest absolute Gasteiger partial charge is 0.395 e. The normalized spacial score (nSPS) is 13.1. The van der Waals surface area contributed by atoms with E-state index in [0.29, 0.717) is 16.9 Å². The number of rotatable bonds is 5. The molecule has 1 unspecified atom stereocenters. The van der Waals surface area contributed by atoms with Gasteiger partial charge < -0.3 is 10.4 Å². The van der Waals surface area contributed by atoms with Crippen LogP contribution in [0.15, 0.2) is 22.7 Å². The molecule has 0 fully saturated rings. The Morgan fingerprint density at radius 3 is 2.62 bits per heavy atom. The average Bonchev–Trinajstić information content (AvgIpc) is 2.23. The van der Waals surface area contributed by atoms with Gasteiger partial charge in [-0.15, -0.1) is 0 Å². The molecule has 0 saturated heterocycles. The lowest BCUT2D eigenvalue weighted by Crippen LogP contribution is -2.36. The van der Waals surface area contributed by atoms with Crippen molar-refractivity contribution in [1.29, 1.82) is 0 Å². The highest BCUT2D eigenvalue weighted by molar-refractivity contribution is 9.10. The molecule has 0 amide bonds. The Hall–Kier alpha value is -0.450. The molecule has 0 aliphatic rings. The van der Waals surface area contributed by atoms with Crippen molar-refractivity contribution in [2.45, 2.75) is 26.4 Å². The zero-order chi connectivity index (χ0) is 12.1. The van der Waals surface area contributed by atoms with Crippen LogP contribution < -0.4 is 5.32 Å². The molecule has 0 bridgehead atoms. The maximum absolute atomic E-state index is 13.0. The minimum absolute atomic E-state index is 0.0730. The van der Waals surface area contributed by atoms with Crippen molar-refractivity contribution in [2.75, 3.05) is 6.61 Å². The van der Waals surface area contributed by atoms with Crippen molar-refractivity contribution >= 4 is 15.9 Å². The van der Waals surface area contributed by atoms with Gasteiger partial charge in [-0.3, -0.25) is 0 Å². The molecule has 0 saturated carbocycles. The molecule has 0 aromatic heterocycles. The first-order valence-corrected chi connectivity index (χ1v) is 6.12. The lowest BCUT2D eigenvalue weighted by atomic mass is 10.1. The molecule has 90 valence electrons. The minimum Gasteiger partial charge on any atom is -0.395 e. The predicted molar refractivity (Wildman–Crippen MR) is 66.7 cm³/mol. The molecule has 0 heterocycles. The maximum atomic E-state index is 13.0. The number of aliphatic hydroxyl groups is 1. The van der Waals surface area contributed by atoms with Crippen LogP contribution in [0.3, 0.4) is 0 Å². The second kappa shape index (κ2) is 6.33. The highest BCUT2D eigenvalue weighted by Gasteiger charge is 2.11. The van der Waals surface area contributed by atoms with Crippen molar-refractivity contribution in [3.63, 3.8) is 0 Å². The fourth-order valence-electron chi connectivity index (χ4n) is 1.41. The van der Waals surface area contributed by atoms with Crippen LogP contribution in [0.4, 0.5) is 4.39 Å². The third-order valence-electron chi connectivity index (χ3n) is 2.55. The molecule has 16 heavy (non-hydrogen) atoms. The second-order valence-electron chi connectivity index (χ2n) is 4.16. The highest BCUT2D eigenvalue weighted by atomic mass is 79.9.